The van der Waals surface area contributed by atoms with Gasteiger partial charge >= 0.3 is 0 Å². The summed E-state index contributed by atoms with van der Waals surface area (Å²) in [4.78, 5) is 0. The van der Waals surface area contributed by atoms with Gasteiger partial charge in [-0.1, -0.05) is 55.5 Å². The first-order valence-electron chi connectivity index (χ1n) is 7.05. The third-order valence-corrected chi connectivity index (χ3v) is 4.00. The van der Waals surface area contributed by atoms with Crippen LogP contribution in [0, 0.1) is 12.8 Å². The zero-order chi connectivity index (χ0) is 12.1. The lowest BCUT2D eigenvalue weighted by Crippen LogP contribution is -2.23. The van der Waals surface area contributed by atoms with Crippen LogP contribution in [0.1, 0.15) is 49.7 Å². The van der Waals surface area contributed by atoms with E-state index in [1.54, 1.807) is 0 Å². The second-order valence-electron chi connectivity index (χ2n) is 5.67. The molecule has 0 aromatic heterocycles. The van der Waals surface area contributed by atoms with Crippen LogP contribution in [0.4, 0.5) is 0 Å². The van der Waals surface area contributed by atoms with E-state index in [0.717, 1.165) is 18.8 Å². The van der Waals surface area contributed by atoms with Crippen LogP contribution in [0.3, 0.4) is 0 Å². The molecule has 0 bridgehead atoms. The van der Waals surface area contributed by atoms with Crippen LogP contribution < -0.4 is 5.73 Å². The Bertz CT molecular complexity index is 339. The predicted octanol–water partition coefficient (Wildman–Crippen LogP) is 3.84. The standard InChI is InChI=1S/C16H25N/c1-13-5-4-8-15(11-13)9-10-16(17)12-14-6-2-3-7-14/h4-5,8,11,14,16H,2-3,6-7,9-10,12,17H2,1H3. The zero-order valence-corrected chi connectivity index (χ0v) is 11.0. The van der Waals surface area contributed by atoms with Crippen molar-refractivity contribution in [3.8, 4) is 0 Å². The summed E-state index contributed by atoms with van der Waals surface area (Å²) < 4.78 is 0. The molecule has 0 radical (unpaired) electrons. The number of benzene rings is 1. The van der Waals surface area contributed by atoms with E-state index in [9.17, 15) is 0 Å². The van der Waals surface area contributed by atoms with Crippen LogP contribution >= 0.6 is 0 Å². The summed E-state index contributed by atoms with van der Waals surface area (Å²) in [5.74, 6) is 0.919. The van der Waals surface area contributed by atoms with Crippen LogP contribution in [0.15, 0.2) is 24.3 Å². The quantitative estimate of drug-likeness (QED) is 0.818. The lowest BCUT2D eigenvalue weighted by atomic mass is 9.94. The van der Waals surface area contributed by atoms with Gasteiger partial charge in [-0.3, -0.25) is 0 Å². The highest BCUT2D eigenvalue weighted by molar-refractivity contribution is 5.22. The fourth-order valence-electron chi connectivity index (χ4n) is 3.01. The SMILES string of the molecule is Cc1cccc(CCC(N)CC2CCCC2)c1. The van der Waals surface area contributed by atoms with Crippen LogP contribution in [-0.2, 0) is 6.42 Å². The molecule has 2 rings (SSSR count). The Kier molecular flexibility index (Phi) is 4.61. The van der Waals surface area contributed by atoms with Gasteiger partial charge in [0.2, 0.25) is 0 Å². The van der Waals surface area contributed by atoms with Crippen LogP contribution in [0.5, 0.6) is 0 Å². The van der Waals surface area contributed by atoms with Crippen molar-refractivity contribution < 1.29 is 0 Å². The van der Waals surface area contributed by atoms with E-state index in [1.165, 1.54) is 43.2 Å². The Morgan fingerprint density at radius 1 is 1.29 bits per heavy atom. The maximum atomic E-state index is 6.24. The number of aryl methyl sites for hydroxylation is 2. The second-order valence-corrected chi connectivity index (χ2v) is 5.67. The van der Waals surface area contributed by atoms with E-state index in [0.29, 0.717) is 6.04 Å². The summed E-state index contributed by atoms with van der Waals surface area (Å²) in [7, 11) is 0. The fourth-order valence-corrected chi connectivity index (χ4v) is 3.01. The first-order chi connectivity index (χ1) is 8.24. The molecule has 1 atom stereocenters. The molecule has 1 heteroatoms. The van der Waals surface area contributed by atoms with Crippen LogP contribution in [0.2, 0.25) is 0 Å². The maximum absolute atomic E-state index is 6.24. The Morgan fingerprint density at radius 3 is 2.76 bits per heavy atom. The lowest BCUT2D eigenvalue weighted by molar-refractivity contribution is 0.427. The monoisotopic (exact) mass is 231 g/mol. The number of hydrogen-bond acceptors (Lipinski definition) is 1. The number of hydrogen-bond donors (Lipinski definition) is 1. The predicted molar refractivity (Wildman–Crippen MR) is 74.1 cm³/mol. The molecule has 17 heavy (non-hydrogen) atoms. The minimum atomic E-state index is 0.401. The van der Waals surface area contributed by atoms with Gasteiger partial charge in [0.25, 0.3) is 0 Å². The molecule has 1 aliphatic carbocycles. The van der Waals surface area contributed by atoms with E-state index < -0.39 is 0 Å². The number of nitrogens with two attached hydrogens (primary N) is 1. The second kappa shape index (κ2) is 6.20. The Balaban J connectivity index is 1.73. The molecule has 0 amide bonds. The Morgan fingerprint density at radius 2 is 2.06 bits per heavy atom. The third kappa shape index (κ3) is 4.16. The highest BCUT2D eigenvalue weighted by Crippen LogP contribution is 2.28. The van der Waals surface area contributed by atoms with Crippen molar-refractivity contribution in [2.45, 2.75) is 57.9 Å². The van der Waals surface area contributed by atoms with Gasteiger partial charge < -0.3 is 5.73 Å². The average Bonchev–Trinajstić information content (AvgIpc) is 2.79. The van der Waals surface area contributed by atoms with Crippen LogP contribution in [-0.4, -0.2) is 6.04 Å². The molecule has 1 aromatic carbocycles. The summed E-state index contributed by atoms with van der Waals surface area (Å²) in [6.07, 6.45) is 9.20. The lowest BCUT2D eigenvalue weighted by Gasteiger charge is -2.16. The highest BCUT2D eigenvalue weighted by atomic mass is 14.6. The molecule has 94 valence electrons. The summed E-state index contributed by atoms with van der Waals surface area (Å²) in [6.45, 7) is 2.15. The van der Waals surface area contributed by atoms with E-state index in [1.807, 2.05) is 0 Å². The molecule has 1 saturated carbocycles. The Hall–Kier alpha value is -0.820. The largest absolute Gasteiger partial charge is 0.328 e. The molecule has 1 aliphatic rings. The molecular weight excluding hydrogens is 206 g/mol. The molecule has 0 heterocycles. The summed E-state index contributed by atoms with van der Waals surface area (Å²) in [5.41, 5.74) is 9.03. The van der Waals surface area contributed by atoms with Gasteiger partial charge in [-0.25, -0.2) is 0 Å². The summed E-state index contributed by atoms with van der Waals surface area (Å²) in [5, 5.41) is 0. The smallest absolute Gasteiger partial charge is 0.00446 e. The first kappa shape index (κ1) is 12.6. The van der Waals surface area contributed by atoms with Crippen molar-refractivity contribution in [1.29, 1.82) is 0 Å². The molecule has 1 nitrogen and oxygen atoms in total. The van der Waals surface area contributed by atoms with Crippen molar-refractivity contribution in [2.24, 2.45) is 11.7 Å². The number of rotatable bonds is 5. The van der Waals surface area contributed by atoms with Gasteiger partial charge in [0.1, 0.15) is 0 Å². The first-order valence-corrected chi connectivity index (χ1v) is 7.05. The van der Waals surface area contributed by atoms with Gasteiger partial charge in [0.15, 0.2) is 0 Å². The molecular formula is C16H25N. The van der Waals surface area contributed by atoms with Crippen molar-refractivity contribution in [3.63, 3.8) is 0 Å². The normalized spacial score (nSPS) is 18.5. The van der Waals surface area contributed by atoms with Gasteiger partial charge in [-0.05, 0) is 37.7 Å². The van der Waals surface area contributed by atoms with Crippen molar-refractivity contribution in [2.75, 3.05) is 0 Å². The maximum Gasteiger partial charge on any atom is 0.00446 e. The van der Waals surface area contributed by atoms with Crippen molar-refractivity contribution in [1.82, 2.24) is 0 Å². The molecule has 0 saturated heterocycles. The van der Waals surface area contributed by atoms with Gasteiger partial charge in [0.05, 0.1) is 0 Å². The van der Waals surface area contributed by atoms with Gasteiger partial charge in [-0.15, -0.1) is 0 Å². The van der Waals surface area contributed by atoms with E-state index in [2.05, 4.69) is 31.2 Å². The average molecular weight is 231 g/mol. The molecule has 1 unspecified atom stereocenters. The van der Waals surface area contributed by atoms with Gasteiger partial charge in [0, 0.05) is 6.04 Å². The van der Waals surface area contributed by atoms with Crippen molar-refractivity contribution >= 4 is 0 Å². The minimum absolute atomic E-state index is 0.401. The summed E-state index contributed by atoms with van der Waals surface area (Å²) >= 11 is 0. The topological polar surface area (TPSA) is 26.0 Å². The Labute approximate surface area is 105 Å². The highest BCUT2D eigenvalue weighted by Gasteiger charge is 2.17. The fraction of sp³-hybridized carbons (Fsp3) is 0.625. The van der Waals surface area contributed by atoms with E-state index in [4.69, 9.17) is 5.73 Å². The zero-order valence-electron chi connectivity index (χ0n) is 11.0. The molecule has 0 spiro atoms. The summed E-state index contributed by atoms with van der Waals surface area (Å²) in [6, 6.07) is 9.20. The molecule has 0 aliphatic heterocycles. The molecule has 2 N–H and O–H groups in total. The van der Waals surface area contributed by atoms with Crippen LogP contribution in [0.25, 0.3) is 0 Å². The molecule has 1 aromatic rings. The third-order valence-electron chi connectivity index (χ3n) is 4.00. The van der Waals surface area contributed by atoms with Gasteiger partial charge in [-0.2, -0.15) is 0 Å². The molecule has 1 fully saturated rings. The van der Waals surface area contributed by atoms with E-state index >= 15 is 0 Å². The van der Waals surface area contributed by atoms with E-state index in [-0.39, 0.29) is 0 Å². The minimum Gasteiger partial charge on any atom is -0.328 e. The van der Waals surface area contributed by atoms with Crippen molar-refractivity contribution in [3.05, 3.63) is 35.4 Å².